The lowest BCUT2D eigenvalue weighted by Crippen LogP contribution is -2.48. The summed E-state index contributed by atoms with van der Waals surface area (Å²) >= 11 is 6.32. The fourth-order valence-electron chi connectivity index (χ4n) is 4.70. The van der Waals surface area contributed by atoms with E-state index in [1.807, 2.05) is 47.5 Å². The van der Waals surface area contributed by atoms with E-state index in [4.69, 9.17) is 21.1 Å². The van der Waals surface area contributed by atoms with Gasteiger partial charge in [0, 0.05) is 60.6 Å². The number of piperazine rings is 1. The minimum absolute atomic E-state index is 0.116. The molecule has 1 N–H and O–H groups in total. The Morgan fingerprint density at radius 1 is 1.06 bits per heavy atom. The smallest absolute Gasteiger partial charge is 0.223 e. The number of nitrogens with zero attached hydrogens (tertiary/aromatic N) is 2. The van der Waals surface area contributed by atoms with Gasteiger partial charge >= 0.3 is 0 Å². The Morgan fingerprint density at radius 2 is 1.84 bits per heavy atom. The first-order chi connectivity index (χ1) is 15.6. The summed E-state index contributed by atoms with van der Waals surface area (Å²) in [5.41, 5.74) is 3.12. The fourth-order valence-corrected chi connectivity index (χ4v) is 4.88. The predicted molar refractivity (Wildman–Crippen MR) is 126 cm³/mol. The van der Waals surface area contributed by atoms with Crippen LogP contribution in [0.5, 0.6) is 11.5 Å². The molecule has 1 unspecified atom stereocenters. The molecule has 0 radical (unpaired) electrons. The van der Waals surface area contributed by atoms with Gasteiger partial charge in [0.1, 0.15) is 13.2 Å². The van der Waals surface area contributed by atoms with Gasteiger partial charge in [-0.05, 0) is 48.0 Å². The number of amides is 1. The molecule has 2 aromatic carbocycles. The van der Waals surface area contributed by atoms with E-state index in [0.717, 1.165) is 66.3 Å². The molecule has 168 valence electrons. The molecular weight excluding hydrogens is 426 g/mol. The first-order valence-electron chi connectivity index (χ1n) is 11.3. The molecule has 2 aliphatic rings. The first kappa shape index (κ1) is 21.2. The summed E-state index contributed by atoms with van der Waals surface area (Å²) in [6, 6.07) is 11.8. The standard InChI is InChI=1S/C25H28ClN3O3/c1-2-28-7-9-29(10-8-28)25(30)15-19(17-3-6-23-24(13-17)32-12-11-31-23)21-16-27-22-5-4-18(26)14-20(21)22/h3-6,13-14,16,19,27H,2,7-12,15H2,1H3. The minimum atomic E-state index is -0.116. The van der Waals surface area contributed by atoms with E-state index in [9.17, 15) is 4.79 Å². The second-order valence-electron chi connectivity index (χ2n) is 8.41. The summed E-state index contributed by atoms with van der Waals surface area (Å²) in [5.74, 6) is 1.55. The monoisotopic (exact) mass is 453 g/mol. The Bertz CT molecular complexity index is 1120. The minimum Gasteiger partial charge on any atom is -0.486 e. The molecule has 6 nitrogen and oxygen atoms in total. The molecule has 1 saturated heterocycles. The summed E-state index contributed by atoms with van der Waals surface area (Å²) in [4.78, 5) is 21.1. The first-order valence-corrected chi connectivity index (χ1v) is 11.7. The number of rotatable bonds is 5. The maximum absolute atomic E-state index is 13.4. The van der Waals surface area contributed by atoms with Crippen LogP contribution in [0, 0.1) is 0 Å². The van der Waals surface area contributed by atoms with Crippen molar-refractivity contribution in [3.05, 3.63) is 58.7 Å². The molecule has 0 bridgehead atoms. The van der Waals surface area contributed by atoms with Crippen LogP contribution in [0.1, 0.15) is 30.4 Å². The van der Waals surface area contributed by atoms with Gasteiger partial charge in [-0.15, -0.1) is 0 Å². The number of likely N-dealkylation sites (N-methyl/N-ethyl adjacent to an activating group) is 1. The van der Waals surface area contributed by atoms with Crippen LogP contribution in [0.25, 0.3) is 10.9 Å². The average molecular weight is 454 g/mol. The summed E-state index contributed by atoms with van der Waals surface area (Å²) in [5, 5.41) is 1.72. The second-order valence-corrected chi connectivity index (χ2v) is 8.85. The van der Waals surface area contributed by atoms with Crippen LogP contribution in [-0.4, -0.2) is 66.6 Å². The third-order valence-corrected chi connectivity index (χ3v) is 6.81. The number of carbonyl (C=O) groups is 1. The van der Waals surface area contributed by atoms with Crippen molar-refractivity contribution in [2.45, 2.75) is 19.3 Å². The average Bonchev–Trinajstić information content (AvgIpc) is 3.25. The van der Waals surface area contributed by atoms with Crippen LogP contribution in [0.3, 0.4) is 0 Å². The normalized spacial score (nSPS) is 17.5. The molecule has 32 heavy (non-hydrogen) atoms. The van der Waals surface area contributed by atoms with Crippen molar-refractivity contribution >= 4 is 28.4 Å². The summed E-state index contributed by atoms with van der Waals surface area (Å²) in [6.07, 6.45) is 2.40. The van der Waals surface area contributed by atoms with Gasteiger partial charge in [0.25, 0.3) is 0 Å². The quantitative estimate of drug-likeness (QED) is 0.626. The van der Waals surface area contributed by atoms with Crippen molar-refractivity contribution in [2.75, 3.05) is 45.9 Å². The SMILES string of the molecule is CCN1CCN(C(=O)CC(c2ccc3c(c2)OCCO3)c2c[nH]c3ccc(Cl)cc23)CC1. The van der Waals surface area contributed by atoms with Gasteiger partial charge in [-0.2, -0.15) is 0 Å². The molecule has 1 atom stereocenters. The summed E-state index contributed by atoms with van der Waals surface area (Å²) in [7, 11) is 0. The lowest BCUT2D eigenvalue weighted by molar-refractivity contribution is -0.133. The number of halogens is 1. The van der Waals surface area contributed by atoms with Crippen LogP contribution in [0.4, 0.5) is 0 Å². The van der Waals surface area contributed by atoms with E-state index >= 15 is 0 Å². The largest absolute Gasteiger partial charge is 0.486 e. The molecule has 0 saturated carbocycles. The van der Waals surface area contributed by atoms with Crippen molar-refractivity contribution in [1.82, 2.24) is 14.8 Å². The van der Waals surface area contributed by atoms with E-state index in [1.54, 1.807) is 0 Å². The number of carbonyl (C=O) groups excluding carboxylic acids is 1. The number of benzene rings is 2. The Kier molecular flexibility index (Phi) is 5.98. The highest BCUT2D eigenvalue weighted by Gasteiger charge is 2.27. The molecule has 5 rings (SSSR count). The van der Waals surface area contributed by atoms with Crippen LogP contribution in [-0.2, 0) is 4.79 Å². The number of ether oxygens (including phenoxy) is 2. The molecule has 7 heteroatoms. The van der Waals surface area contributed by atoms with Gasteiger partial charge in [0.2, 0.25) is 5.91 Å². The van der Waals surface area contributed by atoms with Gasteiger partial charge in [-0.25, -0.2) is 0 Å². The highest BCUT2D eigenvalue weighted by atomic mass is 35.5. The zero-order chi connectivity index (χ0) is 22.1. The lowest BCUT2D eigenvalue weighted by atomic mass is 9.87. The van der Waals surface area contributed by atoms with E-state index in [1.165, 1.54) is 0 Å². The Balaban J connectivity index is 1.49. The van der Waals surface area contributed by atoms with Crippen molar-refractivity contribution in [1.29, 1.82) is 0 Å². The highest BCUT2D eigenvalue weighted by molar-refractivity contribution is 6.31. The van der Waals surface area contributed by atoms with Crippen LogP contribution >= 0.6 is 11.6 Å². The molecule has 2 aliphatic heterocycles. The number of aromatic nitrogens is 1. The Hall–Kier alpha value is -2.70. The molecule has 0 aliphatic carbocycles. The maximum Gasteiger partial charge on any atom is 0.223 e. The van der Waals surface area contributed by atoms with Crippen molar-refractivity contribution < 1.29 is 14.3 Å². The number of fused-ring (bicyclic) bond motifs is 2. The fraction of sp³-hybridized carbons (Fsp3) is 0.400. The van der Waals surface area contributed by atoms with Gasteiger partial charge in [-0.1, -0.05) is 24.6 Å². The zero-order valence-corrected chi connectivity index (χ0v) is 19.0. The molecule has 1 aromatic heterocycles. The third kappa shape index (κ3) is 4.17. The van der Waals surface area contributed by atoms with E-state index in [-0.39, 0.29) is 11.8 Å². The molecule has 3 heterocycles. The molecule has 0 spiro atoms. The molecular formula is C25H28ClN3O3. The van der Waals surface area contributed by atoms with Gasteiger partial charge in [0.15, 0.2) is 11.5 Å². The molecule has 1 amide bonds. The number of H-pyrrole nitrogens is 1. The second kappa shape index (κ2) is 9.04. The summed E-state index contributed by atoms with van der Waals surface area (Å²) in [6.45, 7) is 7.69. The number of nitrogens with one attached hydrogen (secondary N) is 1. The Labute approximate surface area is 193 Å². The van der Waals surface area contributed by atoms with E-state index < -0.39 is 0 Å². The number of aromatic amines is 1. The Morgan fingerprint density at radius 3 is 2.62 bits per heavy atom. The van der Waals surface area contributed by atoms with Gasteiger partial charge in [-0.3, -0.25) is 4.79 Å². The zero-order valence-electron chi connectivity index (χ0n) is 18.3. The highest BCUT2D eigenvalue weighted by Crippen LogP contribution is 2.39. The van der Waals surface area contributed by atoms with E-state index in [2.05, 4.69) is 16.8 Å². The molecule has 3 aromatic rings. The van der Waals surface area contributed by atoms with Crippen molar-refractivity contribution in [3.63, 3.8) is 0 Å². The maximum atomic E-state index is 13.4. The van der Waals surface area contributed by atoms with Crippen LogP contribution < -0.4 is 9.47 Å². The number of hydrogen-bond acceptors (Lipinski definition) is 4. The lowest BCUT2D eigenvalue weighted by Gasteiger charge is -2.35. The number of hydrogen-bond donors (Lipinski definition) is 1. The van der Waals surface area contributed by atoms with Crippen molar-refractivity contribution in [2.24, 2.45) is 0 Å². The summed E-state index contributed by atoms with van der Waals surface area (Å²) < 4.78 is 11.5. The van der Waals surface area contributed by atoms with Gasteiger partial charge in [0.05, 0.1) is 0 Å². The topological polar surface area (TPSA) is 57.8 Å². The van der Waals surface area contributed by atoms with Crippen LogP contribution in [0.2, 0.25) is 5.02 Å². The van der Waals surface area contributed by atoms with Gasteiger partial charge < -0.3 is 24.3 Å². The predicted octanol–water partition coefficient (Wildman–Crippen LogP) is 4.28. The molecule has 1 fully saturated rings. The van der Waals surface area contributed by atoms with Crippen molar-refractivity contribution in [3.8, 4) is 11.5 Å². The van der Waals surface area contributed by atoms with Crippen LogP contribution in [0.15, 0.2) is 42.6 Å². The third-order valence-electron chi connectivity index (χ3n) is 6.57. The van der Waals surface area contributed by atoms with E-state index in [0.29, 0.717) is 24.7 Å².